The first kappa shape index (κ1) is 17.3. The van der Waals surface area contributed by atoms with Crippen LogP contribution in [0.2, 0.25) is 0 Å². The largest absolute Gasteiger partial charge is 0.472 e. The molecule has 1 fully saturated rings. The molecule has 1 amide bonds. The molecule has 0 aromatic carbocycles. The number of aromatic nitrogens is 6. The van der Waals surface area contributed by atoms with Gasteiger partial charge in [-0.3, -0.25) is 4.68 Å². The normalized spacial score (nSPS) is 17.9. The Bertz CT molecular complexity index is 980. The SMILES string of the molecule is Cc1nn(C)cc1-c1cn2ncnc2c(O[C@@H]2CCCN(C(=O)O)CC2)n1. The summed E-state index contributed by atoms with van der Waals surface area (Å²) in [5.41, 5.74) is 3.01. The number of amides is 1. The van der Waals surface area contributed by atoms with E-state index in [1.807, 2.05) is 20.2 Å². The third kappa shape index (κ3) is 3.42. The number of carbonyl (C=O) groups is 1. The molecule has 0 radical (unpaired) electrons. The van der Waals surface area contributed by atoms with Crippen LogP contribution in [0, 0.1) is 6.92 Å². The fraction of sp³-hybridized carbons (Fsp3) is 0.471. The molecule has 1 saturated heterocycles. The number of hydrogen-bond acceptors (Lipinski definition) is 6. The standard InChI is InChI=1S/C17H21N7O3/c1-11-13(8-22(2)21-11)14-9-24-15(18-10-19-24)16(20-14)27-12-4-3-6-23(7-5-12)17(25)26/h8-10,12H,3-7H2,1-2H3,(H,25,26)/t12-/m1/s1. The average Bonchev–Trinajstić information content (AvgIpc) is 3.14. The minimum atomic E-state index is -0.886. The van der Waals surface area contributed by atoms with E-state index in [2.05, 4.69) is 20.2 Å². The van der Waals surface area contributed by atoms with E-state index in [0.29, 0.717) is 36.7 Å². The summed E-state index contributed by atoms with van der Waals surface area (Å²) < 4.78 is 9.55. The van der Waals surface area contributed by atoms with E-state index in [4.69, 9.17) is 4.74 Å². The molecule has 4 heterocycles. The second kappa shape index (κ2) is 6.86. The molecule has 1 aliphatic heterocycles. The molecule has 10 nitrogen and oxygen atoms in total. The van der Waals surface area contributed by atoms with Crippen molar-refractivity contribution in [3.63, 3.8) is 0 Å². The van der Waals surface area contributed by atoms with Crippen molar-refractivity contribution in [3.8, 4) is 17.1 Å². The topological polar surface area (TPSA) is 111 Å². The van der Waals surface area contributed by atoms with Crippen molar-refractivity contribution >= 4 is 11.7 Å². The van der Waals surface area contributed by atoms with Crippen LogP contribution in [-0.2, 0) is 7.05 Å². The van der Waals surface area contributed by atoms with E-state index in [1.54, 1.807) is 15.4 Å². The van der Waals surface area contributed by atoms with Gasteiger partial charge < -0.3 is 14.7 Å². The van der Waals surface area contributed by atoms with Crippen molar-refractivity contribution < 1.29 is 14.6 Å². The Kier molecular flexibility index (Phi) is 4.38. The zero-order chi connectivity index (χ0) is 19.0. The lowest BCUT2D eigenvalue weighted by molar-refractivity contribution is 0.142. The van der Waals surface area contributed by atoms with Crippen LogP contribution in [-0.4, -0.2) is 64.7 Å². The van der Waals surface area contributed by atoms with Gasteiger partial charge >= 0.3 is 6.09 Å². The molecule has 1 N–H and O–H groups in total. The molecular weight excluding hydrogens is 350 g/mol. The van der Waals surface area contributed by atoms with Crippen molar-refractivity contribution in [2.75, 3.05) is 13.1 Å². The first-order valence-corrected chi connectivity index (χ1v) is 8.87. The predicted octanol–water partition coefficient (Wildman–Crippen LogP) is 1.74. The Labute approximate surface area is 155 Å². The van der Waals surface area contributed by atoms with E-state index in [1.165, 1.54) is 11.2 Å². The molecule has 4 rings (SSSR count). The van der Waals surface area contributed by atoms with Gasteiger partial charge in [-0.2, -0.15) is 10.2 Å². The van der Waals surface area contributed by atoms with Crippen molar-refractivity contribution in [2.45, 2.75) is 32.3 Å². The van der Waals surface area contributed by atoms with Gasteiger partial charge in [0.2, 0.25) is 5.65 Å². The number of hydrogen-bond donors (Lipinski definition) is 1. The Morgan fingerprint density at radius 3 is 2.89 bits per heavy atom. The molecule has 0 saturated carbocycles. The second-order valence-electron chi connectivity index (χ2n) is 6.70. The maximum atomic E-state index is 11.2. The first-order valence-electron chi connectivity index (χ1n) is 8.87. The van der Waals surface area contributed by atoms with Crippen LogP contribution in [0.5, 0.6) is 5.88 Å². The van der Waals surface area contributed by atoms with Gasteiger partial charge in [0.1, 0.15) is 12.4 Å². The van der Waals surface area contributed by atoms with Crippen LogP contribution < -0.4 is 4.74 Å². The summed E-state index contributed by atoms with van der Waals surface area (Å²) >= 11 is 0. The van der Waals surface area contributed by atoms with Gasteiger partial charge in [-0.1, -0.05) is 0 Å². The molecule has 1 atom stereocenters. The molecule has 0 spiro atoms. The van der Waals surface area contributed by atoms with Gasteiger partial charge in [0.25, 0.3) is 5.88 Å². The molecule has 142 valence electrons. The van der Waals surface area contributed by atoms with Gasteiger partial charge in [0.15, 0.2) is 0 Å². The number of ether oxygens (including phenoxy) is 1. The van der Waals surface area contributed by atoms with Crippen LogP contribution in [0.1, 0.15) is 25.0 Å². The molecular formula is C17H21N7O3. The monoisotopic (exact) mass is 371 g/mol. The number of carboxylic acid groups (broad SMARTS) is 1. The fourth-order valence-corrected chi connectivity index (χ4v) is 3.39. The third-order valence-corrected chi connectivity index (χ3v) is 4.74. The number of aryl methyl sites for hydroxylation is 2. The molecule has 0 aliphatic carbocycles. The van der Waals surface area contributed by atoms with Crippen LogP contribution in [0.15, 0.2) is 18.7 Å². The fourth-order valence-electron chi connectivity index (χ4n) is 3.39. The van der Waals surface area contributed by atoms with Crippen molar-refractivity contribution in [3.05, 3.63) is 24.4 Å². The van der Waals surface area contributed by atoms with Gasteiger partial charge in [0.05, 0.1) is 17.6 Å². The lowest BCUT2D eigenvalue weighted by atomic mass is 10.1. The summed E-state index contributed by atoms with van der Waals surface area (Å²) in [6.45, 7) is 2.90. The van der Waals surface area contributed by atoms with E-state index in [-0.39, 0.29) is 6.10 Å². The van der Waals surface area contributed by atoms with E-state index in [0.717, 1.165) is 24.1 Å². The highest BCUT2D eigenvalue weighted by molar-refractivity contribution is 5.65. The van der Waals surface area contributed by atoms with Crippen LogP contribution in [0.25, 0.3) is 16.9 Å². The number of likely N-dealkylation sites (tertiary alicyclic amines) is 1. The summed E-state index contributed by atoms with van der Waals surface area (Å²) in [6.07, 6.45) is 6.30. The zero-order valence-electron chi connectivity index (χ0n) is 15.2. The van der Waals surface area contributed by atoms with Crippen molar-refractivity contribution in [1.29, 1.82) is 0 Å². The smallest absolute Gasteiger partial charge is 0.407 e. The van der Waals surface area contributed by atoms with Gasteiger partial charge in [0, 0.05) is 38.3 Å². The quantitative estimate of drug-likeness (QED) is 0.746. The average molecular weight is 371 g/mol. The third-order valence-electron chi connectivity index (χ3n) is 4.74. The highest BCUT2D eigenvalue weighted by atomic mass is 16.5. The lowest BCUT2D eigenvalue weighted by Crippen LogP contribution is -2.30. The molecule has 0 unspecified atom stereocenters. The van der Waals surface area contributed by atoms with Crippen LogP contribution in [0.4, 0.5) is 4.79 Å². The van der Waals surface area contributed by atoms with E-state index >= 15 is 0 Å². The second-order valence-corrected chi connectivity index (χ2v) is 6.70. The van der Waals surface area contributed by atoms with Gasteiger partial charge in [-0.05, 0) is 19.8 Å². The highest BCUT2D eigenvalue weighted by Crippen LogP contribution is 2.26. The summed E-state index contributed by atoms with van der Waals surface area (Å²) in [4.78, 5) is 21.5. The summed E-state index contributed by atoms with van der Waals surface area (Å²) in [7, 11) is 1.86. The maximum absolute atomic E-state index is 11.2. The predicted molar refractivity (Wildman–Crippen MR) is 95.6 cm³/mol. The van der Waals surface area contributed by atoms with E-state index in [9.17, 15) is 9.90 Å². The zero-order valence-corrected chi connectivity index (χ0v) is 15.2. The van der Waals surface area contributed by atoms with Gasteiger partial charge in [-0.25, -0.2) is 19.3 Å². The minimum Gasteiger partial charge on any atom is -0.472 e. The minimum absolute atomic E-state index is 0.118. The van der Waals surface area contributed by atoms with E-state index < -0.39 is 6.09 Å². The summed E-state index contributed by atoms with van der Waals surface area (Å²) in [6, 6.07) is 0. The number of fused-ring (bicyclic) bond motifs is 1. The molecule has 10 heteroatoms. The Morgan fingerprint density at radius 1 is 1.30 bits per heavy atom. The number of rotatable bonds is 3. The van der Waals surface area contributed by atoms with Gasteiger partial charge in [-0.15, -0.1) is 0 Å². The molecule has 3 aromatic rings. The van der Waals surface area contributed by atoms with Crippen molar-refractivity contribution in [1.82, 2.24) is 34.3 Å². The molecule has 27 heavy (non-hydrogen) atoms. The summed E-state index contributed by atoms with van der Waals surface area (Å²) in [5, 5.41) is 17.8. The Morgan fingerprint density at radius 2 is 2.15 bits per heavy atom. The van der Waals surface area contributed by atoms with Crippen molar-refractivity contribution in [2.24, 2.45) is 7.05 Å². The Balaban J connectivity index is 1.64. The highest BCUT2D eigenvalue weighted by Gasteiger charge is 2.23. The number of nitrogens with zero attached hydrogens (tertiary/aromatic N) is 7. The van der Waals surface area contributed by atoms with Crippen LogP contribution in [0.3, 0.4) is 0 Å². The summed E-state index contributed by atoms with van der Waals surface area (Å²) in [5.74, 6) is 0.405. The van der Waals surface area contributed by atoms with Crippen LogP contribution >= 0.6 is 0 Å². The first-order chi connectivity index (χ1) is 13.0. The molecule has 3 aromatic heterocycles. The Hall–Kier alpha value is -3.17. The molecule has 1 aliphatic rings. The maximum Gasteiger partial charge on any atom is 0.407 e. The lowest BCUT2D eigenvalue weighted by Gasteiger charge is -2.18. The molecule has 0 bridgehead atoms.